The summed E-state index contributed by atoms with van der Waals surface area (Å²) in [6.45, 7) is 7.62. The smallest absolute Gasteiger partial charge is 0.189 e. The molecule has 0 atom stereocenters. The fourth-order valence-electron chi connectivity index (χ4n) is 2.43. The molecule has 0 radical (unpaired) electrons. The zero-order valence-corrected chi connectivity index (χ0v) is 18.1. The van der Waals surface area contributed by atoms with Gasteiger partial charge in [0.15, 0.2) is 6.79 Å². The van der Waals surface area contributed by atoms with Crippen molar-refractivity contribution in [1.29, 1.82) is 0 Å². The van der Waals surface area contributed by atoms with Crippen LogP contribution in [-0.2, 0) is 4.74 Å². The van der Waals surface area contributed by atoms with E-state index < -0.39 is 8.07 Å². The number of benzene rings is 1. The Kier molecular flexibility index (Phi) is 5.93. The summed E-state index contributed by atoms with van der Waals surface area (Å²) in [5.41, 5.74) is 1.58. The molecule has 0 unspecified atom stereocenters. The second kappa shape index (κ2) is 8.01. The van der Waals surface area contributed by atoms with Gasteiger partial charge in [-0.2, -0.15) is 5.10 Å². The Morgan fingerprint density at radius 2 is 2.08 bits per heavy atom. The highest BCUT2D eigenvalue weighted by Crippen LogP contribution is 2.33. The second-order valence-corrected chi connectivity index (χ2v) is 13.9. The molecule has 0 aliphatic carbocycles. The van der Waals surface area contributed by atoms with Crippen LogP contribution >= 0.6 is 22.6 Å². The van der Waals surface area contributed by atoms with Crippen molar-refractivity contribution in [2.75, 3.05) is 13.4 Å². The number of nitrogens with one attached hydrogen (secondary N) is 1. The first-order chi connectivity index (χ1) is 12.3. The lowest BCUT2D eigenvalue weighted by molar-refractivity contribution is 0.0222. The van der Waals surface area contributed by atoms with Crippen molar-refractivity contribution in [3.63, 3.8) is 0 Å². The molecule has 1 aromatic carbocycles. The molecule has 1 N–H and O–H groups in total. The molecular formula is C18H21FIN3O2Si. The number of ether oxygens (including phenoxy) is 2. The lowest BCUT2D eigenvalue weighted by atomic mass is 10.1. The molecule has 3 rings (SSSR count). The van der Waals surface area contributed by atoms with E-state index >= 15 is 0 Å². The van der Waals surface area contributed by atoms with Crippen molar-refractivity contribution < 1.29 is 13.9 Å². The zero-order chi connectivity index (χ0) is 18.7. The number of hydrogen-bond donors (Lipinski definition) is 1. The van der Waals surface area contributed by atoms with E-state index in [2.05, 4.69) is 57.4 Å². The van der Waals surface area contributed by atoms with Crippen LogP contribution in [0.3, 0.4) is 0 Å². The summed E-state index contributed by atoms with van der Waals surface area (Å²) in [4.78, 5) is 4.35. The molecule has 26 heavy (non-hydrogen) atoms. The minimum absolute atomic E-state index is 0.0897. The Balaban J connectivity index is 1.79. The van der Waals surface area contributed by atoms with Crippen LogP contribution in [0.25, 0.3) is 22.2 Å². The van der Waals surface area contributed by atoms with Crippen molar-refractivity contribution in [1.82, 2.24) is 15.2 Å². The number of pyridine rings is 1. The topological polar surface area (TPSA) is 60.0 Å². The summed E-state index contributed by atoms with van der Waals surface area (Å²) in [5, 5.41) is 7.95. The minimum Gasteiger partial charge on any atom is -0.467 e. The SMILES string of the molecule is C[Si](C)(C)CCOCOc1cccc(F)c1-c1cc2c(I)[nH]nc2cn1. The maximum absolute atomic E-state index is 14.5. The largest absolute Gasteiger partial charge is 0.467 e. The molecule has 8 heteroatoms. The summed E-state index contributed by atoms with van der Waals surface area (Å²) in [5.74, 6) is 0.0401. The molecular weight excluding hydrogens is 464 g/mol. The number of fused-ring (bicyclic) bond motifs is 1. The summed E-state index contributed by atoms with van der Waals surface area (Å²) in [7, 11) is -1.14. The third-order valence-corrected chi connectivity index (χ3v) is 6.45. The van der Waals surface area contributed by atoms with E-state index in [1.807, 2.05) is 6.07 Å². The lowest BCUT2D eigenvalue weighted by Crippen LogP contribution is -2.22. The first-order valence-corrected chi connectivity index (χ1v) is 13.1. The van der Waals surface area contributed by atoms with Crippen LogP contribution in [0.2, 0.25) is 25.7 Å². The summed E-state index contributed by atoms with van der Waals surface area (Å²) >= 11 is 2.16. The molecule has 0 bridgehead atoms. The van der Waals surface area contributed by atoms with Crippen LogP contribution in [0, 0.1) is 9.52 Å². The molecule has 0 aliphatic heterocycles. The van der Waals surface area contributed by atoms with Crippen molar-refractivity contribution in [3.8, 4) is 17.0 Å². The fourth-order valence-corrected chi connectivity index (χ4v) is 3.74. The highest BCUT2D eigenvalue weighted by Gasteiger charge is 2.16. The summed E-state index contributed by atoms with van der Waals surface area (Å²) in [6.07, 6.45) is 1.63. The monoisotopic (exact) mass is 485 g/mol. The van der Waals surface area contributed by atoms with Crippen LogP contribution in [0.4, 0.5) is 4.39 Å². The fraction of sp³-hybridized carbons (Fsp3) is 0.333. The van der Waals surface area contributed by atoms with E-state index in [4.69, 9.17) is 9.47 Å². The lowest BCUT2D eigenvalue weighted by Gasteiger charge is -2.16. The average Bonchev–Trinajstić information content (AvgIpc) is 2.94. The third kappa shape index (κ3) is 4.60. The van der Waals surface area contributed by atoms with Gasteiger partial charge < -0.3 is 9.47 Å². The minimum atomic E-state index is -1.14. The number of halogens is 2. The quantitative estimate of drug-likeness (QED) is 0.220. The predicted molar refractivity (Wildman–Crippen MR) is 112 cm³/mol. The molecule has 0 amide bonds. The average molecular weight is 485 g/mol. The molecule has 0 aliphatic rings. The Hall–Kier alpha value is -1.52. The van der Waals surface area contributed by atoms with Gasteiger partial charge in [-0.05, 0) is 46.8 Å². The number of aromatic amines is 1. The van der Waals surface area contributed by atoms with Gasteiger partial charge in [0.25, 0.3) is 0 Å². The van der Waals surface area contributed by atoms with Gasteiger partial charge in [-0.1, -0.05) is 25.7 Å². The molecule has 5 nitrogen and oxygen atoms in total. The van der Waals surface area contributed by atoms with Crippen LogP contribution < -0.4 is 4.74 Å². The molecule has 138 valence electrons. The number of rotatable bonds is 7. The van der Waals surface area contributed by atoms with E-state index in [-0.39, 0.29) is 12.6 Å². The Bertz CT molecular complexity index is 911. The number of nitrogens with zero attached hydrogens (tertiary/aromatic N) is 2. The van der Waals surface area contributed by atoms with E-state index in [1.54, 1.807) is 18.3 Å². The van der Waals surface area contributed by atoms with E-state index in [0.29, 0.717) is 23.6 Å². The summed E-state index contributed by atoms with van der Waals surface area (Å²) < 4.78 is 26.7. The normalized spacial score (nSPS) is 11.9. The number of hydrogen-bond acceptors (Lipinski definition) is 4. The van der Waals surface area contributed by atoms with Crippen molar-refractivity contribution in [2.24, 2.45) is 0 Å². The van der Waals surface area contributed by atoms with E-state index in [9.17, 15) is 4.39 Å². The second-order valence-electron chi connectivity index (χ2n) is 7.22. The standard InChI is InChI=1S/C18H21FIN3O2Si/c1-26(2,3)8-7-24-11-25-16-6-4-5-13(19)17(16)14-9-12-15(10-21-14)22-23-18(12)20/h4-6,9-10H,7-8,11H2,1-3H3,(H,22,23). The molecule has 0 saturated carbocycles. The van der Waals surface area contributed by atoms with Crippen LogP contribution in [0.1, 0.15) is 0 Å². The van der Waals surface area contributed by atoms with Crippen LogP contribution in [0.15, 0.2) is 30.5 Å². The van der Waals surface area contributed by atoms with Gasteiger partial charge in [-0.25, -0.2) is 4.39 Å². The first kappa shape index (κ1) is 19.2. The maximum Gasteiger partial charge on any atom is 0.189 e. The summed E-state index contributed by atoms with van der Waals surface area (Å²) in [6, 6.07) is 7.63. The van der Waals surface area contributed by atoms with Gasteiger partial charge in [-0.15, -0.1) is 0 Å². The van der Waals surface area contributed by atoms with Gasteiger partial charge in [0.05, 0.1) is 17.5 Å². The predicted octanol–water partition coefficient (Wildman–Crippen LogP) is 5.06. The van der Waals surface area contributed by atoms with Crippen LogP contribution in [0.5, 0.6) is 5.75 Å². The van der Waals surface area contributed by atoms with Crippen molar-refractivity contribution >= 4 is 41.6 Å². The zero-order valence-electron chi connectivity index (χ0n) is 15.0. The van der Waals surface area contributed by atoms with Crippen molar-refractivity contribution in [3.05, 3.63) is 40.0 Å². The van der Waals surface area contributed by atoms with Gasteiger partial charge in [0, 0.05) is 20.1 Å². The Morgan fingerprint density at radius 3 is 2.85 bits per heavy atom. The molecule has 0 spiro atoms. The molecule has 3 aromatic rings. The van der Waals surface area contributed by atoms with Gasteiger partial charge >= 0.3 is 0 Å². The number of H-pyrrole nitrogens is 1. The molecule has 0 saturated heterocycles. The molecule has 2 heterocycles. The Labute approximate surface area is 166 Å². The highest BCUT2D eigenvalue weighted by molar-refractivity contribution is 14.1. The third-order valence-electron chi connectivity index (χ3n) is 3.92. The van der Waals surface area contributed by atoms with Gasteiger partial charge in [-0.3, -0.25) is 10.1 Å². The van der Waals surface area contributed by atoms with E-state index in [0.717, 1.165) is 20.6 Å². The van der Waals surface area contributed by atoms with Gasteiger partial charge in [0.2, 0.25) is 0 Å². The first-order valence-electron chi connectivity index (χ1n) is 8.34. The van der Waals surface area contributed by atoms with E-state index in [1.165, 1.54) is 6.07 Å². The number of aromatic nitrogens is 3. The van der Waals surface area contributed by atoms with Crippen LogP contribution in [-0.4, -0.2) is 36.7 Å². The van der Waals surface area contributed by atoms with Gasteiger partial charge in [0.1, 0.15) is 20.8 Å². The van der Waals surface area contributed by atoms with Crippen molar-refractivity contribution in [2.45, 2.75) is 25.7 Å². The molecule has 2 aromatic heterocycles. The highest BCUT2D eigenvalue weighted by atomic mass is 127. The Morgan fingerprint density at radius 1 is 1.27 bits per heavy atom. The molecule has 0 fully saturated rings. The maximum atomic E-state index is 14.5.